The van der Waals surface area contributed by atoms with Gasteiger partial charge in [-0.3, -0.25) is 4.99 Å². The minimum atomic E-state index is -0.0992. The van der Waals surface area contributed by atoms with Crippen LogP contribution in [-0.2, 0) is 12.0 Å². The van der Waals surface area contributed by atoms with Crippen molar-refractivity contribution in [3.8, 4) is 16.8 Å². The van der Waals surface area contributed by atoms with Crippen molar-refractivity contribution in [3.63, 3.8) is 0 Å². The first kappa shape index (κ1) is 29.2. The minimum absolute atomic E-state index is 0.0992. The van der Waals surface area contributed by atoms with E-state index in [9.17, 15) is 0 Å². The van der Waals surface area contributed by atoms with Crippen molar-refractivity contribution in [2.45, 2.75) is 25.8 Å². The highest BCUT2D eigenvalue weighted by molar-refractivity contribution is 9.10. The second kappa shape index (κ2) is 11.6. The summed E-state index contributed by atoms with van der Waals surface area (Å²) in [5, 5.41) is 2.49. The number of benzene rings is 6. The van der Waals surface area contributed by atoms with E-state index in [0.717, 1.165) is 32.6 Å². The van der Waals surface area contributed by atoms with Gasteiger partial charge in [0.05, 0.1) is 29.0 Å². The molecular weight excluding hydrogens is 638 g/mol. The van der Waals surface area contributed by atoms with Crippen LogP contribution in [0.5, 0.6) is 0 Å². The lowest BCUT2D eigenvalue weighted by Crippen LogP contribution is -2.15. The largest absolute Gasteiger partial charge is 0.398 e. The molecule has 0 aliphatic heterocycles. The van der Waals surface area contributed by atoms with E-state index in [0.29, 0.717) is 12.2 Å². The predicted molar refractivity (Wildman–Crippen MR) is 201 cm³/mol. The molecule has 2 N–H and O–H groups in total. The van der Waals surface area contributed by atoms with Crippen LogP contribution in [0.3, 0.4) is 0 Å². The monoisotopic (exact) mass is 671 g/mol. The summed E-state index contributed by atoms with van der Waals surface area (Å²) in [5.41, 5.74) is 20.0. The number of nitrogens with two attached hydrogens (primary N) is 1. The van der Waals surface area contributed by atoms with Crippen molar-refractivity contribution in [2.24, 2.45) is 10.7 Å². The number of hydrogen-bond acceptors (Lipinski definition) is 2. The quantitative estimate of drug-likeness (QED) is 0.176. The Kier molecular flexibility index (Phi) is 7.19. The lowest BCUT2D eigenvalue weighted by atomic mass is 9.82. The average Bonchev–Trinajstić information content (AvgIpc) is 3.54. The van der Waals surface area contributed by atoms with Crippen LogP contribution in [0.25, 0.3) is 44.3 Å². The van der Waals surface area contributed by atoms with Gasteiger partial charge in [-0.1, -0.05) is 129 Å². The molecule has 8 rings (SSSR count). The molecule has 1 aliphatic carbocycles. The van der Waals surface area contributed by atoms with Crippen LogP contribution in [0.15, 0.2) is 155 Å². The fraction of sp³-hybridized carbons (Fsp3) is 0.0930. The van der Waals surface area contributed by atoms with Crippen LogP contribution in [0.4, 0.5) is 0 Å². The third kappa shape index (κ3) is 4.92. The van der Waals surface area contributed by atoms with E-state index in [2.05, 4.69) is 125 Å². The number of aliphatic imine (C=N–C) groups is 1. The summed E-state index contributed by atoms with van der Waals surface area (Å²) in [4.78, 5) is 5.24. The number of aromatic nitrogens is 1. The van der Waals surface area contributed by atoms with E-state index in [4.69, 9.17) is 10.7 Å². The molecule has 0 fully saturated rings. The second-order valence-electron chi connectivity index (χ2n) is 12.7. The first-order valence-electron chi connectivity index (χ1n) is 16.0. The molecule has 228 valence electrons. The molecule has 0 saturated heterocycles. The van der Waals surface area contributed by atoms with E-state index in [1.807, 2.05) is 54.6 Å². The van der Waals surface area contributed by atoms with Crippen LogP contribution >= 0.6 is 15.9 Å². The summed E-state index contributed by atoms with van der Waals surface area (Å²) in [6, 6.07) is 49.2. The summed E-state index contributed by atoms with van der Waals surface area (Å²) in [5.74, 6) is 0. The van der Waals surface area contributed by atoms with E-state index in [1.165, 1.54) is 44.1 Å². The van der Waals surface area contributed by atoms with Gasteiger partial charge in [0.25, 0.3) is 0 Å². The standard InChI is InChI=1S/C43H34BrN3/c1-43(2)35-21-11-9-19-31(35)33-24-34-32-20-10-12-23-40(32)47(41(34)25-36(33)43)42-30(18-13-22-37(42)44)27-46-39(29-16-7-4-8-17-29)26-38(45)28-14-5-3-6-15-28/h3-26H,27,45H2,1-2H3/b38-26-,46-39?. The molecular formula is C43H34BrN3. The van der Waals surface area contributed by atoms with Crippen molar-refractivity contribution in [1.29, 1.82) is 0 Å². The van der Waals surface area contributed by atoms with Gasteiger partial charge in [-0.15, -0.1) is 0 Å². The topological polar surface area (TPSA) is 43.3 Å². The maximum absolute atomic E-state index is 6.62. The van der Waals surface area contributed by atoms with Crippen molar-refractivity contribution in [1.82, 2.24) is 4.57 Å². The number of para-hydroxylation sites is 2. The number of fused-ring (bicyclic) bond motifs is 6. The Hall–Kier alpha value is -5.19. The molecule has 0 unspecified atom stereocenters. The highest BCUT2D eigenvalue weighted by Crippen LogP contribution is 2.51. The molecule has 0 amide bonds. The minimum Gasteiger partial charge on any atom is -0.398 e. The Bertz CT molecular complexity index is 2360. The van der Waals surface area contributed by atoms with Crippen LogP contribution in [0, 0.1) is 0 Å². The Morgan fingerprint density at radius 1 is 0.681 bits per heavy atom. The molecule has 0 radical (unpaired) electrons. The van der Waals surface area contributed by atoms with E-state index < -0.39 is 0 Å². The van der Waals surface area contributed by atoms with Crippen LogP contribution in [0.2, 0.25) is 0 Å². The Balaban J connectivity index is 1.32. The zero-order valence-electron chi connectivity index (χ0n) is 26.4. The van der Waals surface area contributed by atoms with Crippen LogP contribution in [-0.4, -0.2) is 10.3 Å². The van der Waals surface area contributed by atoms with Gasteiger partial charge in [-0.05, 0) is 85.2 Å². The summed E-state index contributed by atoms with van der Waals surface area (Å²) in [6.07, 6.45) is 1.99. The van der Waals surface area contributed by atoms with Gasteiger partial charge in [-0.2, -0.15) is 0 Å². The van der Waals surface area contributed by atoms with Gasteiger partial charge in [0, 0.05) is 26.4 Å². The van der Waals surface area contributed by atoms with E-state index >= 15 is 0 Å². The maximum atomic E-state index is 6.62. The molecule has 0 atom stereocenters. The molecule has 0 bridgehead atoms. The third-order valence-electron chi connectivity index (χ3n) is 9.56. The molecule has 0 saturated carbocycles. The van der Waals surface area contributed by atoms with Crippen molar-refractivity contribution in [2.75, 3.05) is 0 Å². The van der Waals surface area contributed by atoms with Gasteiger partial charge in [0.1, 0.15) is 0 Å². The molecule has 1 aliphatic rings. The second-order valence-corrected chi connectivity index (χ2v) is 13.6. The van der Waals surface area contributed by atoms with Gasteiger partial charge in [0.2, 0.25) is 0 Å². The van der Waals surface area contributed by atoms with Gasteiger partial charge < -0.3 is 10.3 Å². The molecule has 7 aromatic rings. The van der Waals surface area contributed by atoms with Gasteiger partial charge in [-0.25, -0.2) is 0 Å². The zero-order valence-corrected chi connectivity index (χ0v) is 28.0. The summed E-state index contributed by atoms with van der Waals surface area (Å²) in [6.45, 7) is 5.16. The molecule has 6 aromatic carbocycles. The van der Waals surface area contributed by atoms with Gasteiger partial charge >= 0.3 is 0 Å². The smallest absolute Gasteiger partial charge is 0.0671 e. The summed E-state index contributed by atoms with van der Waals surface area (Å²) >= 11 is 3.97. The molecule has 0 spiro atoms. The van der Waals surface area contributed by atoms with Crippen LogP contribution < -0.4 is 5.73 Å². The van der Waals surface area contributed by atoms with Crippen molar-refractivity contribution in [3.05, 3.63) is 178 Å². The Morgan fingerprint density at radius 2 is 1.36 bits per heavy atom. The van der Waals surface area contributed by atoms with E-state index in [-0.39, 0.29) is 5.41 Å². The molecule has 1 heterocycles. The number of rotatable bonds is 6. The number of allylic oxidation sites excluding steroid dienone is 1. The molecule has 3 nitrogen and oxygen atoms in total. The number of nitrogens with zero attached hydrogens (tertiary/aromatic N) is 2. The SMILES string of the molecule is CC1(C)c2ccccc2-c2cc3c4ccccc4n(-c4c(Br)cccc4CN=C(/C=C(\N)c4ccccc4)c4ccccc4)c3cc21. The highest BCUT2D eigenvalue weighted by atomic mass is 79.9. The lowest BCUT2D eigenvalue weighted by molar-refractivity contribution is 0.661. The van der Waals surface area contributed by atoms with Crippen LogP contribution in [0.1, 0.15) is 41.7 Å². The Labute approximate surface area is 283 Å². The predicted octanol–water partition coefficient (Wildman–Crippen LogP) is 10.8. The lowest BCUT2D eigenvalue weighted by Gasteiger charge is -2.22. The molecule has 4 heteroatoms. The van der Waals surface area contributed by atoms with Crippen molar-refractivity contribution >= 4 is 49.1 Å². The summed E-state index contributed by atoms with van der Waals surface area (Å²) < 4.78 is 3.45. The fourth-order valence-electron chi connectivity index (χ4n) is 7.20. The molecule has 1 aromatic heterocycles. The first-order chi connectivity index (χ1) is 22.9. The number of halogens is 1. The first-order valence-corrected chi connectivity index (χ1v) is 16.8. The summed E-state index contributed by atoms with van der Waals surface area (Å²) in [7, 11) is 0. The van der Waals surface area contributed by atoms with E-state index in [1.54, 1.807) is 0 Å². The zero-order chi connectivity index (χ0) is 32.1. The fourth-order valence-corrected chi connectivity index (χ4v) is 7.79. The van der Waals surface area contributed by atoms with Crippen molar-refractivity contribution < 1.29 is 0 Å². The average molecular weight is 673 g/mol. The maximum Gasteiger partial charge on any atom is 0.0671 e. The molecule has 47 heavy (non-hydrogen) atoms. The Morgan fingerprint density at radius 3 is 2.15 bits per heavy atom. The highest BCUT2D eigenvalue weighted by Gasteiger charge is 2.36. The van der Waals surface area contributed by atoms with Gasteiger partial charge in [0.15, 0.2) is 0 Å². The third-order valence-corrected chi connectivity index (χ3v) is 10.2. The number of hydrogen-bond donors (Lipinski definition) is 1. The normalized spacial score (nSPS) is 14.0.